The number of hydrogen-bond acceptors (Lipinski definition) is 3. The van der Waals surface area contributed by atoms with Crippen LogP contribution < -0.4 is 11.1 Å². The van der Waals surface area contributed by atoms with Gasteiger partial charge in [-0.15, -0.1) is 11.8 Å². The maximum atomic E-state index is 13.0. The molecule has 0 bridgehead atoms. The number of benzene rings is 2. The van der Waals surface area contributed by atoms with Gasteiger partial charge >= 0.3 is 0 Å². The van der Waals surface area contributed by atoms with Gasteiger partial charge in [0.05, 0.1) is 5.75 Å². The Bertz CT molecular complexity index is 659. The number of nitrogen functional groups attached to an aromatic ring is 1. The van der Waals surface area contributed by atoms with E-state index in [0.29, 0.717) is 11.0 Å². The van der Waals surface area contributed by atoms with Crippen molar-refractivity contribution in [1.29, 1.82) is 0 Å². The Labute approximate surface area is 123 Å². The smallest absolute Gasteiger partial charge is 0.234 e. The van der Waals surface area contributed by atoms with Gasteiger partial charge in [0.1, 0.15) is 17.5 Å². The fourth-order valence-electron chi connectivity index (χ4n) is 1.62. The lowest BCUT2D eigenvalue weighted by atomic mass is 10.3. The molecule has 1 amide bonds. The van der Waals surface area contributed by atoms with Crippen LogP contribution in [0, 0.1) is 17.5 Å². The van der Waals surface area contributed by atoms with Crippen LogP contribution >= 0.6 is 11.8 Å². The summed E-state index contributed by atoms with van der Waals surface area (Å²) in [5.74, 6) is -2.49. The first kappa shape index (κ1) is 15.2. The first-order valence-electron chi connectivity index (χ1n) is 5.88. The van der Waals surface area contributed by atoms with Crippen molar-refractivity contribution in [2.45, 2.75) is 4.90 Å². The second-order valence-electron chi connectivity index (χ2n) is 4.18. The zero-order valence-corrected chi connectivity index (χ0v) is 11.5. The van der Waals surface area contributed by atoms with Gasteiger partial charge in [-0.3, -0.25) is 4.79 Å². The second-order valence-corrected chi connectivity index (χ2v) is 5.19. The number of carbonyl (C=O) groups excluding carboxylic acids is 1. The predicted molar refractivity (Wildman–Crippen MR) is 76.5 cm³/mol. The molecule has 0 atom stereocenters. The average molecular weight is 312 g/mol. The molecule has 21 heavy (non-hydrogen) atoms. The highest BCUT2D eigenvalue weighted by Crippen LogP contribution is 2.25. The summed E-state index contributed by atoms with van der Waals surface area (Å²) in [7, 11) is 0. The maximum absolute atomic E-state index is 13.0. The second kappa shape index (κ2) is 6.53. The first-order chi connectivity index (χ1) is 9.94. The quantitative estimate of drug-likeness (QED) is 0.672. The van der Waals surface area contributed by atoms with Gasteiger partial charge < -0.3 is 11.1 Å². The monoisotopic (exact) mass is 312 g/mol. The minimum Gasteiger partial charge on any atom is -0.398 e. The van der Waals surface area contributed by atoms with E-state index in [1.807, 2.05) is 0 Å². The third-order valence-corrected chi connectivity index (χ3v) is 3.57. The Morgan fingerprint density at radius 1 is 1.05 bits per heavy atom. The molecule has 0 fully saturated rings. The average Bonchev–Trinajstić information content (AvgIpc) is 2.36. The summed E-state index contributed by atoms with van der Waals surface area (Å²) in [6, 6.07) is 6.59. The zero-order valence-electron chi connectivity index (χ0n) is 10.7. The van der Waals surface area contributed by atoms with Crippen molar-refractivity contribution in [1.82, 2.24) is 0 Å². The van der Waals surface area contributed by atoms with Crippen LogP contribution in [-0.4, -0.2) is 11.7 Å². The summed E-state index contributed by atoms with van der Waals surface area (Å²) in [4.78, 5) is 12.2. The number of hydrogen-bond donors (Lipinski definition) is 2. The van der Waals surface area contributed by atoms with Gasteiger partial charge in [-0.1, -0.05) is 0 Å². The Balaban J connectivity index is 1.95. The number of thioether (sulfide) groups is 1. The predicted octanol–water partition coefficient (Wildman–Crippen LogP) is 3.42. The summed E-state index contributed by atoms with van der Waals surface area (Å²) >= 11 is 1.10. The van der Waals surface area contributed by atoms with Gasteiger partial charge in [0.2, 0.25) is 5.91 Å². The lowest BCUT2D eigenvalue weighted by Crippen LogP contribution is -2.14. The van der Waals surface area contributed by atoms with Crippen molar-refractivity contribution in [2.75, 3.05) is 16.8 Å². The first-order valence-corrected chi connectivity index (χ1v) is 6.86. The van der Waals surface area contributed by atoms with E-state index in [-0.39, 0.29) is 17.1 Å². The third-order valence-electron chi connectivity index (χ3n) is 2.48. The van der Waals surface area contributed by atoms with E-state index < -0.39 is 23.4 Å². The van der Waals surface area contributed by atoms with Crippen LogP contribution in [0.3, 0.4) is 0 Å². The van der Waals surface area contributed by atoms with E-state index in [9.17, 15) is 18.0 Å². The summed E-state index contributed by atoms with van der Waals surface area (Å²) in [5, 5.41) is 2.37. The molecule has 2 aromatic carbocycles. The van der Waals surface area contributed by atoms with Crippen LogP contribution in [0.4, 0.5) is 24.5 Å². The summed E-state index contributed by atoms with van der Waals surface area (Å²) in [5.41, 5.74) is 5.87. The van der Waals surface area contributed by atoms with Gasteiger partial charge in [0, 0.05) is 22.3 Å². The van der Waals surface area contributed by atoms with E-state index in [1.165, 1.54) is 12.1 Å². The van der Waals surface area contributed by atoms with Crippen molar-refractivity contribution in [3.8, 4) is 0 Å². The maximum Gasteiger partial charge on any atom is 0.234 e. The van der Waals surface area contributed by atoms with Crippen LogP contribution in [-0.2, 0) is 4.79 Å². The van der Waals surface area contributed by atoms with Crippen molar-refractivity contribution < 1.29 is 18.0 Å². The molecule has 110 valence electrons. The van der Waals surface area contributed by atoms with E-state index in [1.54, 1.807) is 0 Å². The fourth-order valence-corrected chi connectivity index (χ4v) is 2.37. The molecule has 0 radical (unpaired) electrons. The van der Waals surface area contributed by atoms with E-state index in [0.717, 1.165) is 30.0 Å². The van der Waals surface area contributed by atoms with Gasteiger partial charge in [-0.2, -0.15) is 0 Å². The topological polar surface area (TPSA) is 55.1 Å². The van der Waals surface area contributed by atoms with E-state index in [4.69, 9.17) is 5.73 Å². The van der Waals surface area contributed by atoms with Crippen molar-refractivity contribution in [2.24, 2.45) is 0 Å². The molecule has 0 aliphatic rings. The SMILES string of the molecule is Nc1cc(F)ccc1SCC(=O)Nc1cc(F)cc(F)c1. The molecule has 0 aromatic heterocycles. The van der Waals surface area contributed by atoms with Crippen LogP contribution in [0.1, 0.15) is 0 Å². The number of rotatable bonds is 4. The van der Waals surface area contributed by atoms with Crippen molar-refractivity contribution >= 4 is 29.0 Å². The fraction of sp³-hybridized carbons (Fsp3) is 0.0714. The number of halogens is 3. The largest absolute Gasteiger partial charge is 0.398 e. The minimum absolute atomic E-state index is 0.0199. The molecule has 3 nitrogen and oxygen atoms in total. The van der Waals surface area contributed by atoms with Crippen molar-refractivity contribution in [3.05, 3.63) is 53.8 Å². The van der Waals surface area contributed by atoms with E-state index >= 15 is 0 Å². The molecule has 3 N–H and O–H groups in total. The molecular weight excluding hydrogens is 301 g/mol. The third kappa shape index (κ3) is 4.42. The molecule has 0 aliphatic carbocycles. The van der Waals surface area contributed by atoms with Gasteiger partial charge in [0.25, 0.3) is 0 Å². The molecule has 0 heterocycles. The van der Waals surface area contributed by atoms with Crippen LogP contribution in [0.25, 0.3) is 0 Å². The number of nitrogens with two attached hydrogens (primary N) is 1. The molecule has 0 spiro atoms. The molecule has 2 aromatic rings. The van der Waals surface area contributed by atoms with Crippen LogP contribution in [0.2, 0.25) is 0 Å². The Kier molecular flexibility index (Phi) is 4.74. The van der Waals surface area contributed by atoms with Gasteiger partial charge in [0.15, 0.2) is 0 Å². The lowest BCUT2D eigenvalue weighted by Gasteiger charge is -2.07. The number of anilines is 2. The molecule has 0 saturated heterocycles. The molecule has 2 rings (SSSR count). The highest BCUT2D eigenvalue weighted by Gasteiger charge is 2.08. The normalized spacial score (nSPS) is 10.4. The lowest BCUT2D eigenvalue weighted by molar-refractivity contribution is -0.113. The standard InChI is InChI=1S/C14H11F3N2OS/c15-8-1-2-13(12(18)6-8)21-7-14(20)19-11-4-9(16)3-10(17)5-11/h1-6H,7,18H2,(H,19,20). The Hall–Kier alpha value is -2.15. The Morgan fingerprint density at radius 3 is 2.33 bits per heavy atom. The van der Waals surface area contributed by atoms with E-state index in [2.05, 4.69) is 5.32 Å². The minimum atomic E-state index is -0.777. The number of carbonyl (C=O) groups is 1. The molecule has 7 heteroatoms. The van der Waals surface area contributed by atoms with Crippen LogP contribution in [0.15, 0.2) is 41.3 Å². The number of amides is 1. The molecule has 0 saturated carbocycles. The molecule has 0 unspecified atom stereocenters. The highest BCUT2D eigenvalue weighted by molar-refractivity contribution is 8.00. The molecular formula is C14H11F3N2OS. The summed E-state index contributed by atoms with van der Waals surface area (Å²) < 4.78 is 38.8. The summed E-state index contributed by atoms with van der Waals surface area (Å²) in [6.07, 6.45) is 0. The highest BCUT2D eigenvalue weighted by atomic mass is 32.2. The summed E-state index contributed by atoms with van der Waals surface area (Å²) in [6.45, 7) is 0. The van der Waals surface area contributed by atoms with Gasteiger partial charge in [-0.25, -0.2) is 13.2 Å². The van der Waals surface area contributed by atoms with Crippen LogP contribution in [0.5, 0.6) is 0 Å². The zero-order chi connectivity index (χ0) is 15.4. The molecule has 0 aliphatic heterocycles. The Morgan fingerprint density at radius 2 is 1.71 bits per heavy atom. The number of nitrogens with one attached hydrogen (secondary N) is 1. The van der Waals surface area contributed by atoms with Gasteiger partial charge in [-0.05, 0) is 30.3 Å². The van der Waals surface area contributed by atoms with Crippen molar-refractivity contribution in [3.63, 3.8) is 0 Å².